The van der Waals surface area contributed by atoms with Gasteiger partial charge in [0, 0.05) is 31.3 Å². The van der Waals surface area contributed by atoms with E-state index in [1.54, 1.807) is 7.11 Å². The van der Waals surface area contributed by atoms with E-state index in [1.807, 2.05) is 18.2 Å². The van der Waals surface area contributed by atoms with Crippen LogP contribution in [-0.4, -0.2) is 31.3 Å². The molecule has 0 aromatic heterocycles. The van der Waals surface area contributed by atoms with Crippen molar-refractivity contribution in [1.29, 1.82) is 0 Å². The van der Waals surface area contributed by atoms with E-state index in [2.05, 4.69) is 11.0 Å². The van der Waals surface area contributed by atoms with Gasteiger partial charge in [0.2, 0.25) is 0 Å². The molecule has 1 saturated heterocycles. The van der Waals surface area contributed by atoms with E-state index in [-0.39, 0.29) is 0 Å². The SMILES string of the molecule is COc1cccc(N2CCC(CC(=O)O)CC2)c1. The Hall–Kier alpha value is -1.71. The van der Waals surface area contributed by atoms with Gasteiger partial charge < -0.3 is 14.7 Å². The maximum Gasteiger partial charge on any atom is 0.303 e. The molecule has 1 N–H and O–H groups in total. The van der Waals surface area contributed by atoms with Crippen molar-refractivity contribution in [2.75, 3.05) is 25.1 Å². The maximum absolute atomic E-state index is 10.7. The van der Waals surface area contributed by atoms with Crippen LogP contribution in [-0.2, 0) is 4.79 Å². The minimum absolute atomic E-state index is 0.298. The summed E-state index contributed by atoms with van der Waals surface area (Å²) in [4.78, 5) is 13.0. The molecule has 18 heavy (non-hydrogen) atoms. The third kappa shape index (κ3) is 3.15. The number of aliphatic carboxylic acids is 1. The summed E-state index contributed by atoms with van der Waals surface area (Å²) >= 11 is 0. The number of hydrogen-bond acceptors (Lipinski definition) is 3. The van der Waals surface area contributed by atoms with Crippen LogP contribution in [0.4, 0.5) is 5.69 Å². The highest BCUT2D eigenvalue weighted by Gasteiger charge is 2.21. The van der Waals surface area contributed by atoms with Crippen LogP contribution < -0.4 is 9.64 Å². The zero-order valence-corrected chi connectivity index (χ0v) is 10.6. The van der Waals surface area contributed by atoms with E-state index in [4.69, 9.17) is 9.84 Å². The van der Waals surface area contributed by atoms with Crippen molar-refractivity contribution in [2.45, 2.75) is 19.3 Å². The van der Waals surface area contributed by atoms with Crippen LogP contribution in [0.25, 0.3) is 0 Å². The second kappa shape index (κ2) is 5.76. The number of nitrogens with zero attached hydrogens (tertiary/aromatic N) is 1. The summed E-state index contributed by atoms with van der Waals surface area (Å²) < 4.78 is 5.22. The van der Waals surface area contributed by atoms with Gasteiger partial charge in [-0.2, -0.15) is 0 Å². The van der Waals surface area contributed by atoms with E-state index in [0.29, 0.717) is 12.3 Å². The molecule has 1 aliphatic heterocycles. The fraction of sp³-hybridized carbons (Fsp3) is 0.500. The molecule has 98 valence electrons. The number of rotatable bonds is 4. The summed E-state index contributed by atoms with van der Waals surface area (Å²) in [5.74, 6) is 0.499. The van der Waals surface area contributed by atoms with E-state index in [1.165, 1.54) is 0 Å². The standard InChI is InChI=1S/C14H19NO3/c1-18-13-4-2-3-12(10-13)15-7-5-11(6-8-15)9-14(16)17/h2-4,10-11H,5-9H2,1H3,(H,16,17). The number of piperidine rings is 1. The van der Waals surface area contributed by atoms with Crippen molar-refractivity contribution in [3.8, 4) is 5.75 Å². The molecule has 0 saturated carbocycles. The lowest BCUT2D eigenvalue weighted by Crippen LogP contribution is -2.34. The van der Waals surface area contributed by atoms with Crippen LogP contribution in [0.1, 0.15) is 19.3 Å². The predicted molar refractivity (Wildman–Crippen MR) is 70.2 cm³/mol. The third-order valence-corrected chi connectivity index (χ3v) is 3.50. The Bertz CT molecular complexity index is 411. The molecular weight excluding hydrogens is 230 g/mol. The average Bonchev–Trinajstić information content (AvgIpc) is 2.39. The Morgan fingerprint density at radius 2 is 2.17 bits per heavy atom. The number of carboxylic acid groups (broad SMARTS) is 1. The number of benzene rings is 1. The minimum atomic E-state index is -0.685. The van der Waals surface area contributed by atoms with Crippen LogP contribution in [0, 0.1) is 5.92 Å². The molecule has 0 atom stereocenters. The molecule has 1 aromatic carbocycles. The largest absolute Gasteiger partial charge is 0.497 e. The molecule has 1 heterocycles. The molecule has 0 amide bonds. The van der Waals surface area contributed by atoms with E-state index in [0.717, 1.165) is 37.4 Å². The molecule has 2 rings (SSSR count). The summed E-state index contributed by atoms with van der Waals surface area (Å²) in [5.41, 5.74) is 1.16. The molecular formula is C14H19NO3. The first-order valence-corrected chi connectivity index (χ1v) is 6.30. The Balaban J connectivity index is 1.94. The van der Waals surface area contributed by atoms with E-state index < -0.39 is 5.97 Å². The lowest BCUT2D eigenvalue weighted by Gasteiger charge is -2.33. The highest BCUT2D eigenvalue weighted by atomic mass is 16.5. The number of anilines is 1. The minimum Gasteiger partial charge on any atom is -0.497 e. The summed E-state index contributed by atoms with van der Waals surface area (Å²) in [6, 6.07) is 8.01. The van der Waals surface area contributed by atoms with Crippen LogP contribution >= 0.6 is 0 Å². The van der Waals surface area contributed by atoms with Crippen molar-refractivity contribution >= 4 is 11.7 Å². The van der Waals surface area contributed by atoms with Crippen LogP contribution in [0.15, 0.2) is 24.3 Å². The Morgan fingerprint density at radius 1 is 1.44 bits per heavy atom. The lowest BCUT2D eigenvalue weighted by atomic mass is 9.93. The third-order valence-electron chi connectivity index (χ3n) is 3.50. The van der Waals surface area contributed by atoms with Crippen molar-refractivity contribution in [2.24, 2.45) is 5.92 Å². The van der Waals surface area contributed by atoms with Gasteiger partial charge in [-0.1, -0.05) is 6.07 Å². The average molecular weight is 249 g/mol. The van der Waals surface area contributed by atoms with Gasteiger partial charge in [0.05, 0.1) is 7.11 Å². The molecule has 4 nitrogen and oxygen atoms in total. The smallest absolute Gasteiger partial charge is 0.303 e. The zero-order chi connectivity index (χ0) is 13.0. The van der Waals surface area contributed by atoms with Gasteiger partial charge in [-0.15, -0.1) is 0 Å². The predicted octanol–water partition coefficient (Wildman–Crippen LogP) is 2.39. The molecule has 1 fully saturated rings. The fourth-order valence-electron chi connectivity index (χ4n) is 2.45. The second-order valence-electron chi connectivity index (χ2n) is 4.73. The van der Waals surface area contributed by atoms with Gasteiger partial charge >= 0.3 is 5.97 Å². The van der Waals surface area contributed by atoms with Gasteiger partial charge in [-0.3, -0.25) is 4.79 Å². The molecule has 1 aromatic rings. The zero-order valence-electron chi connectivity index (χ0n) is 10.6. The summed E-state index contributed by atoms with van der Waals surface area (Å²) in [6.45, 7) is 1.84. The first-order chi connectivity index (χ1) is 8.69. The van der Waals surface area contributed by atoms with E-state index >= 15 is 0 Å². The van der Waals surface area contributed by atoms with Crippen LogP contribution in [0.5, 0.6) is 5.75 Å². The summed E-state index contributed by atoms with van der Waals surface area (Å²) in [6.07, 6.45) is 2.19. The van der Waals surface area contributed by atoms with Crippen molar-refractivity contribution in [1.82, 2.24) is 0 Å². The number of methoxy groups -OCH3 is 1. The monoisotopic (exact) mass is 249 g/mol. The van der Waals surface area contributed by atoms with Crippen molar-refractivity contribution < 1.29 is 14.6 Å². The Kier molecular flexibility index (Phi) is 4.07. The Labute approximate surface area is 107 Å². The molecule has 0 aliphatic carbocycles. The highest BCUT2D eigenvalue weighted by molar-refractivity contribution is 5.67. The molecule has 0 radical (unpaired) electrons. The van der Waals surface area contributed by atoms with Crippen LogP contribution in [0.2, 0.25) is 0 Å². The number of hydrogen-bond donors (Lipinski definition) is 1. The summed E-state index contributed by atoms with van der Waals surface area (Å²) in [5, 5.41) is 8.79. The number of carboxylic acids is 1. The lowest BCUT2D eigenvalue weighted by molar-refractivity contribution is -0.138. The first-order valence-electron chi connectivity index (χ1n) is 6.30. The second-order valence-corrected chi connectivity index (χ2v) is 4.73. The fourth-order valence-corrected chi connectivity index (χ4v) is 2.45. The normalized spacial score (nSPS) is 16.6. The molecule has 4 heteroatoms. The quantitative estimate of drug-likeness (QED) is 0.890. The molecule has 0 spiro atoms. The topological polar surface area (TPSA) is 49.8 Å². The highest BCUT2D eigenvalue weighted by Crippen LogP contribution is 2.27. The van der Waals surface area contributed by atoms with Crippen molar-refractivity contribution in [3.63, 3.8) is 0 Å². The van der Waals surface area contributed by atoms with Gasteiger partial charge in [0.25, 0.3) is 0 Å². The van der Waals surface area contributed by atoms with Gasteiger partial charge in [0.1, 0.15) is 5.75 Å². The van der Waals surface area contributed by atoms with Gasteiger partial charge in [0.15, 0.2) is 0 Å². The van der Waals surface area contributed by atoms with Gasteiger partial charge in [-0.05, 0) is 30.9 Å². The summed E-state index contributed by atoms with van der Waals surface area (Å²) in [7, 11) is 1.66. The first kappa shape index (κ1) is 12.7. The molecule has 0 unspecified atom stereocenters. The maximum atomic E-state index is 10.7. The van der Waals surface area contributed by atoms with Crippen molar-refractivity contribution in [3.05, 3.63) is 24.3 Å². The van der Waals surface area contributed by atoms with E-state index in [9.17, 15) is 4.79 Å². The molecule has 1 aliphatic rings. The number of carbonyl (C=O) groups is 1. The van der Waals surface area contributed by atoms with Gasteiger partial charge in [-0.25, -0.2) is 0 Å². The molecule has 0 bridgehead atoms. The van der Waals surface area contributed by atoms with Crippen LogP contribution in [0.3, 0.4) is 0 Å². The Morgan fingerprint density at radius 3 is 2.78 bits per heavy atom. The number of ether oxygens (including phenoxy) is 1.